The second kappa shape index (κ2) is 10.1. The van der Waals surface area contributed by atoms with Gasteiger partial charge in [0.25, 0.3) is 0 Å². The van der Waals surface area contributed by atoms with Crippen LogP contribution in [0.15, 0.2) is 77.7 Å². The van der Waals surface area contributed by atoms with Crippen LogP contribution in [0.1, 0.15) is 22.5 Å². The third-order valence-corrected chi connectivity index (χ3v) is 6.52. The topological polar surface area (TPSA) is 61.4 Å². The minimum atomic E-state index is -4.55. The molecule has 0 aliphatic rings. The molecule has 0 spiro atoms. The SMILES string of the molecule is COCc1ccc(-c2c(-c3ccc(Cl)cc3)ccn3c(=O)n(Cc4ccc(C(F)(F)F)nc4C)nc23)cc1. The number of benzene rings is 2. The van der Waals surface area contributed by atoms with E-state index in [4.69, 9.17) is 16.3 Å². The summed E-state index contributed by atoms with van der Waals surface area (Å²) >= 11 is 6.11. The van der Waals surface area contributed by atoms with Crippen molar-refractivity contribution in [1.82, 2.24) is 19.2 Å². The first-order valence-corrected chi connectivity index (χ1v) is 12.0. The third-order valence-electron chi connectivity index (χ3n) is 6.27. The number of aromatic nitrogens is 4. The molecule has 0 radical (unpaired) electrons. The van der Waals surface area contributed by atoms with E-state index in [2.05, 4.69) is 10.1 Å². The highest BCUT2D eigenvalue weighted by Gasteiger charge is 2.32. The van der Waals surface area contributed by atoms with E-state index in [1.165, 1.54) is 22.1 Å². The highest BCUT2D eigenvalue weighted by molar-refractivity contribution is 6.30. The lowest BCUT2D eigenvalue weighted by Crippen LogP contribution is -2.22. The van der Waals surface area contributed by atoms with Crippen molar-refractivity contribution in [3.63, 3.8) is 0 Å². The quantitative estimate of drug-likeness (QED) is 0.251. The number of pyridine rings is 2. The molecular weight excluding hydrogens is 517 g/mol. The van der Waals surface area contributed by atoms with Crippen LogP contribution < -0.4 is 5.69 Å². The zero-order valence-electron chi connectivity index (χ0n) is 20.5. The number of nitrogens with zero attached hydrogens (tertiary/aromatic N) is 4. The molecule has 38 heavy (non-hydrogen) atoms. The molecule has 6 nitrogen and oxygen atoms in total. The van der Waals surface area contributed by atoms with E-state index < -0.39 is 17.6 Å². The van der Waals surface area contributed by atoms with Gasteiger partial charge in [0.2, 0.25) is 0 Å². The van der Waals surface area contributed by atoms with Gasteiger partial charge in [-0.05, 0) is 59.0 Å². The van der Waals surface area contributed by atoms with E-state index in [0.29, 0.717) is 22.8 Å². The molecule has 5 rings (SSSR count). The minimum absolute atomic E-state index is 0.0278. The summed E-state index contributed by atoms with van der Waals surface area (Å²) in [7, 11) is 1.63. The third kappa shape index (κ3) is 4.94. The fourth-order valence-corrected chi connectivity index (χ4v) is 4.47. The van der Waals surface area contributed by atoms with Gasteiger partial charge in [-0.25, -0.2) is 18.9 Å². The number of hydrogen-bond acceptors (Lipinski definition) is 4. The number of methoxy groups -OCH3 is 1. The lowest BCUT2D eigenvalue weighted by molar-refractivity contribution is -0.141. The fraction of sp³-hybridized carbons (Fsp3) is 0.179. The van der Waals surface area contributed by atoms with Gasteiger partial charge in [-0.2, -0.15) is 13.2 Å². The summed E-state index contributed by atoms with van der Waals surface area (Å²) in [5.74, 6) is 0. The first kappa shape index (κ1) is 25.7. The molecule has 0 fully saturated rings. The molecule has 0 saturated carbocycles. The molecule has 0 unspecified atom stereocenters. The van der Waals surface area contributed by atoms with Crippen LogP contribution in [0.3, 0.4) is 0 Å². The summed E-state index contributed by atoms with van der Waals surface area (Å²) in [6, 6.07) is 19.2. The van der Waals surface area contributed by atoms with Crippen LogP contribution in [0.4, 0.5) is 13.2 Å². The molecule has 0 saturated heterocycles. The van der Waals surface area contributed by atoms with Crippen molar-refractivity contribution in [2.45, 2.75) is 26.3 Å². The molecule has 2 aromatic carbocycles. The Morgan fingerprint density at radius 2 is 1.63 bits per heavy atom. The number of ether oxygens (including phenoxy) is 1. The lowest BCUT2D eigenvalue weighted by Gasteiger charge is -2.12. The summed E-state index contributed by atoms with van der Waals surface area (Å²) in [5, 5.41) is 5.22. The van der Waals surface area contributed by atoms with Crippen LogP contribution >= 0.6 is 11.6 Å². The van der Waals surface area contributed by atoms with Gasteiger partial charge in [0.1, 0.15) is 5.69 Å². The maximum atomic E-state index is 13.3. The van der Waals surface area contributed by atoms with Crippen LogP contribution in [0.5, 0.6) is 0 Å². The first-order valence-electron chi connectivity index (χ1n) is 11.7. The Hall–Kier alpha value is -3.95. The summed E-state index contributed by atoms with van der Waals surface area (Å²) in [4.78, 5) is 17.0. The van der Waals surface area contributed by atoms with Crippen molar-refractivity contribution >= 4 is 17.2 Å². The Bertz CT molecular complexity index is 1670. The van der Waals surface area contributed by atoms with Gasteiger partial charge in [0.15, 0.2) is 5.65 Å². The maximum Gasteiger partial charge on any atom is 0.433 e. The molecule has 5 aromatic rings. The van der Waals surface area contributed by atoms with E-state index in [-0.39, 0.29) is 12.2 Å². The molecule has 10 heteroatoms. The van der Waals surface area contributed by atoms with Crippen molar-refractivity contribution < 1.29 is 17.9 Å². The highest BCUT2D eigenvalue weighted by atomic mass is 35.5. The summed E-state index contributed by atoms with van der Waals surface area (Å²) in [6.45, 7) is 1.92. The second-order valence-electron chi connectivity index (χ2n) is 8.81. The van der Waals surface area contributed by atoms with Crippen LogP contribution in [-0.2, 0) is 24.1 Å². The number of rotatable bonds is 6. The predicted octanol–water partition coefficient (Wildman–Crippen LogP) is 6.40. The molecule has 0 N–H and O–H groups in total. The van der Waals surface area contributed by atoms with E-state index >= 15 is 0 Å². The highest BCUT2D eigenvalue weighted by Crippen LogP contribution is 2.35. The Morgan fingerprint density at radius 1 is 0.947 bits per heavy atom. The van der Waals surface area contributed by atoms with Gasteiger partial charge in [0.05, 0.1) is 13.2 Å². The van der Waals surface area contributed by atoms with Gasteiger partial charge in [-0.15, -0.1) is 5.10 Å². The van der Waals surface area contributed by atoms with Crippen molar-refractivity contribution in [3.05, 3.63) is 111 Å². The Morgan fingerprint density at radius 3 is 2.26 bits per heavy atom. The molecular formula is C28H22ClF3N4O2. The molecule has 0 aliphatic heterocycles. The average Bonchev–Trinajstić information content (AvgIpc) is 3.20. The molecule has 0 aliphatic carbocycles. The smallest absolute Gasteiger partial charge is 0.380 e. The second-order valence-corrected chi connectivity index (χ2v) is 9.25. The van der Waals surface area contributed by atoms with E-state index in [1.807, 2.05) is 42.5 Å². The monoisotopic (exact) mass is 538 g/mol. The first-order chi connectivity index (χ1) is 18.2. The van der Waals surface area contributed by atoms with E-state index in [0.717, 1.165) is 33.9 Å². The van der Waals surface area contributed by atoms with Crippen LogP contribution in [0.2, 0.25) is 5.02 Å². The fourth-order valence-electron chi connectivity index (χ4n) is 4.35. The van der Waals surface area contributed by atoms with E-state index in [9.17, 15) is 18.0 Å². The normalized spacial score (nSPS) is 11.8. The number of aryl methyl sites for hydroxylation is 1. The van der Waals surface area contributed by atoms with Crippen LogP contribution in [-0.4, -0.2) is 26.3 Å². The van der Waals surface area contributed by atoms with Crippen LogP contribution in [0.25, 0.3) is 27.9 Å². The maximum absolute atomic E-state index is 13.3. The molecule has 3 heterocycles. The number of alkyl halides is 3. The van der Waals surface area contributed by atoms with Gasteiger partial charge in [-0.3, -0.25) is 0 Å². The van der Waals surface area contributed by atoms with Crippen LogP contribution in [0, 0.1) is 6.92 Å². The molecule has 3 aromatic heterocycles. The summed E-state index contributed by atoms with van der Waals surface area (Å²) in [5.41, 5.74) is 3.96. The zero-order valence-corrected chi connectivity index (χ0v) is 21.2. The molecule has 0 bridgehead atoms. The molecule has 194 valence electrons. The van der Waals surface area contributed by atoms with E-state index in [1.54, 1.807) is 25.4 Å². The predicted molar refractivity (Wildman–Crippen MR) is 139 cm³/mol. The number of hydrogen-bond donors (Lipinski definition) is 0. The average molecular weight is 539 g/mol. The van der Waals surface area contributed by atoms with Crippen molar-refractivity contribution in [3.8, 4) is 22.3 Å². The standard InChI is InChI=1S/C28H22ClF3N4O2/c1-17-21(9-12-24(33-17)28(30,31)32)15-36-27(37)35-14-13-23(19-7-10-22(29)11-8-19)25(26(35)34-36)20-5-3-18(4-6-20)16-38-2/h3-14H,15-16H2,1-2H3. The van der Waals surface area contributed by atoms with Gasteiger partial charge in [0, 0.05) is 29.6 Å². The van der Waals surface area contributed by atoms with Gasteiger partial charge >= 0.3 is 11.9 Å². The van der Waals surface area contributed by atoms with Gasteiger partial charge in [-0.1, -0.05) is 54.1 Å². The van der Waals surface area contributed by atoms with Crippen molar-refractivity contribution in [2.24, 2.45) is 0 Å². The molecule has 0 amide bonds. The Labute approximate surface area is 220 Å². The minimum Gasteiger partial charge on any atom is -0.380 e. The van der Waals surface area contributed by atoms with Crippen molar-refractivity contribution in [2.75, 3.05) is 7.11 Å². The lowest BCUT2D eigenvalue weighted by atomic mass is 9.95. The Balaban J connectivity index is 1.66. The Kier molecular flexibility index (Phi) is 6.81. The number of halogens is 4. The van der Waals surface area contributed by atoms with Crippen molar-refractivity contribution in [1.29, 1.82) is 0 Å². The largest absolute Gasteiger partial charge is 0.433 e. The summed E-state index contributed by atoms with van der Waals surface area (Å²) < 4.78 is 47.1. The number of fused-ring (bicyclic) bond motifs is 1. The molecule has 0 atom stereocenters. The summed E-state index contributed by atoms with van der Waals surface area (Å²) in [6.07, 6.45) is -2.90. The van der Waals surface area contributed by atoms with Gasteiger partial charge < -0.3 is 4.74 Å². The zero-order chi connectivity index (χ0) is 27.0.